The van der Waals surface area contributed by atoms with Gasteiger partial charge in [-0.05, 0) is 29.6 Å². The molecular weight excluding hydrogens is 320 g/mol. The number of carbonyl (C=O) groups excluding carboxylic acids is 1. The van der Waals surface area contributed by atoms with Gasteiger partial charge in [-0.1, -0.05) is 17.7 Å². The van der Waals surface area contributed by atoms with Gasteiger partial charge in [0.1, 0.15) is 4.21 Å². The average Bonchev–Trinajstić information content (AvgIpc) is 2.86. The van der Waals surface area contributed by atoms with Crippen LogP contribution in [0.5, 0.6) is 0 Å². The number of rotatable bonds is 4. The van der Waals surface area contributed by atoms with Crippen molar-refractivity contribution in [2.75, 3.05) is 10.0 Å². The quantitative estimate of drug-likeness (QED) is 0.904. The summed E-state index contributed by atoms with van der Waals surface area (Å²) in [5.74, 6) is -0.302. The van der Waals surface area contributed by atoms with Gasteiger partial charge in [-0.2, -0.15) is 0 Å². The molecule has 0 unspecified atom stereocenters. The van der Waals surface area contributed by atoms with E-state index in [0.29, 0.717) is 10.7 Å². The minimum atomic E-state index is -3.69. The van der Waals surface area contributed by atoms with Crippen molar-refractivity contribution < 1.29 is 13.2 Å². The topological polar surface area (TPSA) is 75.3 Å². The Morgan fingerprint density at radius 1 is 1.25 bits per heavy atom. The van der Waals surface area contributed by atoms with Crippen molar-refractivity contribution in [2.45, 2.75) is 11.1 Å². The van der Waals surface area contributed by atoms with Crippen LogP contribution in [0.4, 0.5) is 11.4 Å². The third-order valence-electron chi connectivity index (χ3n) is 2.30. The highest BCUT2D eigenvalue weighted by Gasteiger charge is 2.17. The molecule has 2 N–H and O–H groups in total. The van der Waals surface area contributed by atoms with Gasteiger partial charge in [-0.3, -0.25) is 9.52 Å². The van der Waals surface area contributed by atoms with Gasteiger partial charge in [-0.15, -0.1) is 11.3 Å². The number of benzene rings is 1. The number of thiophene rings is 1. The number of hydrogen-bond donors (Lipinski definition) is 2. The molecule has 5 nitrogen and oxygen atoms in total. The van der Waals surface area contributed by atoms with Crippen LogP contribution in [-0.2, 0) is 14.8 Å². The van der Waals surface area contributed by atoms with Gasteiger partial charge in [0.05, 0.1) is 11.4 Å². The summed E-state index contributed by atoms with van der Waals surface area (Å²) in [7, 11) is -3.69. The lowest BCUT2D eigenvalue weighted by molar-refractivity contribution is -0.114. The molecule has 0 fully saturated rings. The second-order valence-corrected chi connectivity index (χ2v) is 7.20. The Labute approximate surface area is 125 Å². The third-order valence-corrected chi connectivity index (χ3v) is 5.29. The summed E-state index contributed by atoms with van der Waals surface area (Å²) < 4.78 is 26.9. The molecule has 106 valence electrons. The Morgan fingerprint density at radius 2 is 2.00 bits per heavy atom. The molecule has 2 rings (SSSR count). The van der Waals surface area contributed by atoms with Crippen LogP contribution >= 0.6 is 22.9 Å². The Bertz CT molecular complexity index is 727. The maximum absolute atomic E-state index is 12.2. The molecule has 0 aliphatic carbocycles. The van der Waals surface area contributed by atoms with Crippen LogP contribution in [0.25, 0.3) is 0 Å². The lowest BCUT2D eigenvalue weighted by Gasteiger charge is -2.12. The maximum atomic E-state index is 12.2. The Morgan fingerprint density at radius 3 is 2.60 bits per heavy atom. The van der Waals surface area contributed by atoms with E-state index in [4.69, 9.17) is 11.6 Å². The molecule has 0 aliphatic heterocycles. The minimum absolute atomic E-state index is 0.186. The van der Waals surface area contributed by atoms with Crippen molar-refractivity contribution in [1.82, 2.24) is 0 Å². The van der Waals surface area contributed by atoms with E-state index >= 15 is 0 Å². The van der Waals surface area contributed by atoms with E-state index in [1.807, 2.05) is 0 Å². The zero-order valence-corrected chi connectivity index (χ0v) is 12.8. The van der Waals surface area contributed by atoms with Crippen LogP contribution in [0.1, 0.15) is 6.92 Å². The van der Waals surface area contributed by atoms with E-state index in [0.717, 1.165) is 11.3 Å². The van der Waals surface area contributed by atoms with Crippen LogP contribution in [0.3, 0.4) is 0 Å². The van der Waals surface area contributed by atoms with Crippen molar-refractivity contribution in [3.8, 4) is 0 Å². The normalized spacial score (nSPS) is 11.1. The fourth-order valence-electron chi connectivity index (χ4n) is 1.51. The van der Waals surface area contributed by atoms with Gasteiger partial charge in [0.25, 0.3) is 10.0 Å². The van der Waals surface area contributed by atoms with Gasteiger partial charge in [-0.25, -0.2) is 8.42 Å². The van der Waals surface area contributed by atoms with Crippen LogP contribution < -0.4 is 10.0 Å². The summed E-state index contributed by atoms with van der Waals surface area (Å²) in [6, 6.07) is 7.69. The molecular formula is C12H11ClN2O3S2. The van der Waals surface area contributed by atoms with Gasteiger partial charge >= 0.3 is 0 Å². The monoisotopic (exact) mass is 330 g/mol. The molecule has 1 amide bonds. The van der Waals surface area contributed by atoms with E-state index in [9.17, 15) is 13.2 Å². The first kappa shape index (κ1) is 14.8. The lowest BCUT2D eigenvalue weighted by atomic mass is 10.2. The summed E-state index contributed by atoms with van der Waals surface area (Å²) in [6.45, 7) is 1.34. The van der Waals surface area contributed by atoms with Crippen LogP contribution in [0, 0.1) is 0 Å². The van der Waals surface area contributed by atoms with Crippen molar-refractivity contribution in [3.05, 3.63) is 40.7 Å². The zero-order valence-electron chi connectivity index (χ0n) is 10.4. The largest absolute Gasteiger partial charge is 0.325 e. The van der Waals surface area contributed by atoms with E-state index in [1.54, 1.807) is 17.5 Å². The molecule has 20 heavy (non-hydrogen) atoms. The summed E-state index contributed by atoms with van der Waals surface area (Å²) in [5.41, 5.74) is 0.572. The fraction of sp³-hybridized carbons (Fsp3) is 0.0833. The van der Waals surface area contributed by atoms with E-state index in [-0.39, 0.29) is 15.8 Å². The van der Waals surface area contributed by atoms with Crippen molar-refractivity contribution in [3.63, 3.8) is 0 Å². The van der Waals surface area contributed by atoms with Crippen molar-refractivity contribution >= 4 is 50.2 Å². The second kappa shape index (κ2) is 5.82. The Hall–Kier alpha value is -1.57. The van der Waals surface area contributed by atoms with E-state index in [1.165, 1.54) is 25.1 Å². The molecule has 0 spiro atoms. The number of carbonyl (C=O) groups is 1. The van der Waals surface area contributed by atoms with Crippen LogP contribution in [0.15, 0.2) is 39.9 Å². The highest BCUT2D eigenvalue weighted by molar-refractivity contribution is 7.94. The molecule has 1 aromatic carbocycles. The first-order chi connectivity index (χ1) is 9.38. The molecule has 0 bridgehead atoms. The predicted molar refractivity (Wildman–Crippen MR) is 80.9 cm³/mol. The number of hydrogen-bond acceptors (Lipinski definition) is 4. The second-order valence-electron chi connectivity index (χ2n) is 3.91. The molecule has 1 heterocycles. The number of anilines is 2. The first-order valence-corrected chi connectivity index (χ1v) is 8.26. The van der Waals surface area contributed by atoms with Crippen molar-refractivity contribution in [2.24, 2.45) is 0 Å². The number of nitrogens with one attached hydrogen (secondary N) is 2. The smallest absolute Gasteiger partial charge is 0.271 e. The third kappa shape index (κ3) is 3.50. The molecule has 0 atom stereocenters. The van der Waals surface area contributed by atoms with Crippen LogP contribution in [0.2, 0.25) is 5.02 Å². The Kier molecular flexibility index (Phi) is 4.32. The van der Waals surface area contributed by atoms with E-state index < -0.39 is 10.0 Å². The summed E-state index contributed by atoms with van der Waals surface area (Å²) in [6.07, 6.45) is 0. The molecule has 0 saturated carbocycles. The minimum Gasteiger partial charge on any atom is -0.325 e. The highest BCUT2D eigenvalue weighted by Crippen LogP contribution is 2.29. The molecule has 1 aromatic heterocycles. The molecule has 8 heteroatoms. The maximum Gasteiger partial charge on any atom is 0.271 e. The lowest BCUT2D eigenvalue weighted by Crippen LogP contribution is -2.14. The average molecular weight is 331 g/mol. The molecule has 0 saturated heterocycles. The standard InChI is InChI=1S/C12H11ClN2O3S2/c1-8(16)14-10-5-4-9(13)7-11(10)15-20(17,18)12-3-2-6-19-12/h2-7,15H,1H3,(H,14,16). The molecule has 0 aliphatic rings. The van der Waals surface area contributed by atoms with Crippen molar-refractivity contribution in [1.29, 1.82) is 0 Å². The van der Waals surface area contributed by atoms with Gasteiger partial charge in [0.15, 0.2) is 0 Å². The summed E-state index contributed by atoms with van der Waals surface area (Å²) in [5, 5.41) is 4.58. The number of amides is 1. The summed E-state index contributed by atoms with van der Waals surface area (Å²) >= 11 is 6.96. The van der Waals surface area contributed by atoms with Gasteiger partial charge in [0.2, 0.25) is 5.91 Å². The Balaban J connectivity index is 2.37. The van der Waals surface area contributed by atoms with Crippen LogP contribution in [-0.4, -0.2) is 14.3 Å². The highest BCUT2D eigenvalue weighted by atomic mass is 35.5. The van der Waals surface area contributed by atoms with Gasteiger partial charge < -0.3 is 5.32 Å². The van der Waals surface area contributed by atoms with E-state index in [2.05, 4.69) is 10.0 Å². The zero-order chi connectivity index (χ0) is 14.8. The number of halogens is 1. The number of sulfonamides is 1. The predicted octanol–water partition coefficient (Wildman–Crippen LogP) is 3.16. The van der Waals surface area contributed by atoms with Gasteiger partial charge in [0, 0.05) is 11.9 Å². The SMILES string of the molecule is CC(=O)Nc1ccc(Cl)cc1NS(=O)(=O)c1cccs1. The summed E-state index contributed by atoms with van der Waals surface area (Å²) in [4.78, 5) is 11.1. The fourth-order valence-corrected chi connectivity index (χ4v) is 3.75. The molecule has 0 radical (unpaired) electrons. The molecule has 2 aromatic rings. The first-order valence-electron chi connectivity index (χ1n) is 5.52.